The molecule has 4 heterocycles. The molecule has 0 amide bonds. The fraction of sp³-hybridized carbons (Fsp3) is 1.00. The van der Waals surface area contributed by atoms with E-state index in [0.717, 1.165) is 24.2 Å². The van der Waals surface area contributed by atoms with Gasteiger partial charge in [-0.15, -0.1) is 0 Å². The summed E-state index contributed by atoms with van der Waals surface area (Å²) in [4.78, 5) is 9.61. The Kier molecular flexibility index (Phi) is 12.9. The fourth-order valence-electron chi connectivity index (χ4n) is 4.31. The topological polar surface area (TPSA) is 13.0 Å². The Labute approximate surface area is 177 Å². The van der Waals surface area contributed by atoms with Crippen molar-refractivity contribution in [1.82, 2.24) is 19.6 Å². The molecule has 4 aliphatic heterocycles. The summed E-state index contributed by atoms with van der Waals surface area (Å²) >= 11 is 0. The second kappa shape index (κ2) is 14.0. The van der Waals surface area contributed by atoms with Crippen molar-refractivity contribution in [2.45, 2.75) is 103 Å². The second-order valence-electron chi connectivity index (χ2n) is 9.89. The van der Waals surface area contributed by atoms with Gasteiger partial charge in [0.05, 0.1) is 0 Å². The van der Waals surface area contributed by atoms with E-state index in [9.17, 15) is 0 Å². The van der Waals surface area contributed by atoms with Crippen LogP contribution < -0.4 is 0 Å². The number of rotatable bonds is 0. The maximum Gasteiger partial charge on any atom is 0.00643 e. The van der Waals surface area contributed by atoms with Crippen LogP contribution in [0.2, 0.25) is 0 Å². The Bertz CT molecular complexity index is 285. The molecule has 0 radical (unpaired) electrons. The van der Waals surface area contributed by atoms with Gasteiger partial charge in [-0.3, -0.25) is 0 Å². The molecular formula is C24H52N4. The maximum atomic E-state index is 2.40. The lowest BCUT2D eigenvalue weighted by molar-refractivity contribution is 0.331. The summed E-state index contributed by atoms with van der Waals surface area (Å²) in [6, 6.07) is 3.39. The van der Waals surface area contributed by atoms with E-state index >= 15 is 0 Å². The largest absolute Gasteiger partial charge is 0.304 e. The van der Waals surface area contributed by atoms with Crippen molar-refractivity contribution in [1.29, 1.82) is 0 Å². The molecule has 4 aliphatic rings. The number of nitrogens with zero attached hydrogens (tertiary/aromatic N) is 4. The van der Waals surface area contributed by atoms with Gasteiger partial charge < -0.3 is 19.6 Å². The molecule has 0 N–H and O–H groups in total. The molecule has 4 fully saturated rings. The summed E-state index contributed by atoms with van der Waals surface area (Å²) < 4.78 is 0. The average Bonchev–Trinajstić information content (AvgIpc) is 3.41. The molecule has 168 valence electrons. The second-order valence-corrected chi connectivity index (χ2v) is 9.89. The molecule has 0 saturated carbocycles. The summed E-state index contributed by atoms with van der Waals surface area (Å²) in [5.41, 5.74) is 0. The third-order valence-corrected chi connectivity index (χ3v) is 7.54. The Balaban J connectivity index is 0.000000187. The van der Waals surface area contributed by atoms with E-state index in [-0.39, 0.29) is 0 Å². The van der Waals surface area contributed by atoms with Crippen LogP contribution in [0.3, 0.4) is 0 Å². The minimum absolute atomic E-state index is 0.847. The normalized spacial score (nSPS) is 34.3. The lowest BCUT2D eigenvalue weighted by Gasteiger charge is -2.12. The molecule has 0 spiro atoms. The Hall–Kier alpha value is -0.160. The molecule has 4 atom stereocenters. The molecule has 4 rings (SSSR count). The minimum atomic E-state index is 0.847. The molecule has 28 heavy (non-hydrogen) atoms. The van der Waals surface area contributed by atoms with Crippen molar-refractivity contribution in [3.8, 4) is 0 Å². The third-order valence-electron chi connectivity index (χ3n) is 7.54. The van der Waals surface area contributed by atoms with Gasteiger partial charge in [0.1, 0.15) is 0 Å². The van der Waals surface area contributed by atoms with Gasteiger partial charge in [0.2, 0.25) is 0 Å². The lowest BCUT2D eigenvalue weighted by Crippen LogP contribution is -2.20. The summed E-state index contributed by atoms with van der Waals surface area (Å²) in [7, 11) is 8.77. The van der Waals surface area contributed by atoms with E-state index in [2.05, 4.69) is 75.5 Å². The molecule has 0 aromatic heterocycles. The summed E-state index contributed by atoms with van der Waals surface area (Å²) in [5, 5.41) is 0. The van der Waals surface area contributed by atoms with Crippen molar-refractivity contribution in [2.75, 3.05) is 54.4 Å². The van der Waals surface area contributed by atoms with Gasteiger partial charge in [-0.1, -0.05) is 0 Å². The zero-order valence-electron chi connectivity index (χ0n) is 20.6. The van der Waals surface area contributed by atoms with Crippen LogP contribution in [-0.2, 0) is 0 Å². The fourth-order valence-corrected chi connectivity index (χ4v) is 4.31. The van der Waals surface area contributed by atoms with E-state index in [4.69, 9.17) is 0 Å². The highest BCUT2D eigenvalue weighted by Crippen LogP contribution is 2.14. The molecule has 0 aromatic carbocycles. The van der Waals surface area contributed by atoms with E-state index in [1.807, 2.05) is 0 Å². The van der Waals surface area contributed by atoms with Gasteiger partial charge in [0, 0.05) is 24.2 Å². The van der Waals surface area contributed by atoms with Crippen LogP contribution in [0.1, 0.15) is 79.1 Å². The van der Waals surface area contributed by atoms with Crippen molar-refractivity contribution in [3.63, 3.8) is 0 Å². The van der Waals surface area contributed by atoms with Crippen molar-refractivity contribution in [3.05, 3.63) is 0 Å². The highest BCUT2D eigenvalue weighted by molar-refractivity contribution is 4.72. The third kappa shape index (κ3) is 10.0. The Morgan fingerprint density at radius 2 is 0.571 bits per heavy atom. The van der Waals surface area contributed by atoms with Gasteiger partial charge in [0.25, 0.3) is 0 Å². The summed E-state index contributed by atoms with van der Waals surface area (Å²) in [6.45, 7) is 14.4. The first-order valence-electron chi connectivity index (χ1n) is 12.0. The van der Waals surface area contributed by atoms with Gasteiger partial charge >= 0.3 is 0 Å². The SMILES string of the molecule is C[C@@H]1CCCN1C.C[C@@H]1CCCN1C.C[C@@H]1CCCN1C.C[C@@H]1CCCN1C. The van der Waals surface area contributed by atoms with Crippen molar-refractivity contribution < 1.29 is 0 Å². The number of hydrogen-bond acceptors (Lipinski definition) is 4. The van der Waals surface area contributed by atoms with Crippen LogP contribution in [0.4, 0.5) is 0 Å². The molecule has 0 bridgehead atoms. The molecule has 4 heteroatoms. The molecular weight excluding hydrogens is 344 g/mol. The lowest BCUT2D eigenvalue weighted by atomic mass is 10.3. The van der Waals surface area contributed by atoms with Crippen LogP contribution in [0.5, 0.6) is 0 Å². The van der Waals surface area contributed by atoms with Gasteiger partial charge in [0.15, 0.2) is 0 Å². The number of hydrogen-bond donors (Lipinski definition) is 0. The predicted molar refractivity (Wildman–Crippen MR) is 125 cm³/mol. The van der Waals surface area contributed by atoms with Crippen molar-refractivity contribution >= 4 is 0 Å². The Morgan fingerprint density at radius 3 is 0.607 bits per heavy atom. The Morgan fingerprint density at radius 1 is 0.393 bits per heavy atom. The first kappa shape index (κ1) is 25.9. The monoisotopic (exact) mass is 396 g/mol. The molecule has 4 saturated heterocycles. The highest BCUT2D eigenvalue weighted by Gasteiger charge is 2.16. The standard InChI is InChI=1S/4C6H13N/c4*1-6-4-3-5-7(6)2/h4*6H,3-5H2,1-2H3/t4*6-/m1111/s1. The molecule has 0 aromatic rings. The van der Waals surface area contributed by atoms with E-state index in [0.29, 0.717) is 0 Å². The van der Waals surface area contributed by atoms with Crippen LogP contribution in [0.15, 0.2) is 0 Å². The van der Waals surface area contributed by atoms with E-state index < -0.39 is 0 Å². The first-order chi connectivity index (χ1) is 13.2. The quantitative estimate of drug-likeness (QED) is 0.601. The van der Waals surface area contributed by atoms with Crippen LogP contribution >= 0.6 is 0 Å². The zero-order chi connectivity index (χ0) is 21.1. The molecule has 0 unspecified atom stereocenters. The van der Waals surface area contributed by atoms with Crippen LogP contribution in [0, 0.1) is 0 Å². The predicted octanol–water partition coefficient (Wildman–Crippen LogP) is 4.40. The van der Waals surface area contributed by atoms with Gasteiger partial charge in [-0.25, -0.2) is 0 Å². The van der Waals surface area contributed by atoms with Crippen LogP contribution in [-0.4, -0.2) is 98.1 Å². The van der Waals surface area contributed by atoms with Gasteiger partial charge in [-0.05, 0) is 133 Å². The van der Waals surface area contributed by atoms with E-state index in [1.54, 1.807) is 0 Å². The van der Waals surface area contributed by atoms with E-state index in [1.165, 1.54) is 77.5 Å². The molecule has 0 aliphatic carbocycles. The first-order valence-corrected chi connectivity index (χ1v) is 12.0. The number of likely N-dealkylation sites (tertiary alicyclic amines) is 4. The molecule has 4 nitrogen and oxygen atoms in total. The maximum absolute atomic E-state index is 2.40. The summed E-state index contributed by atoms with van der Waals surface area (Å²) in [6.07, 6.45) is 11.2. The summed E-state index contributed by atoms with van der Waals surface area (Å²) in [5.74, 6) is 0. The highest BCUT2D eigenvalue weighted by atomic mass is 15.1. The van der Waals surface area contributed by atoms with Crippen LogP contribution in [0.25, 0.3) is 0 Å². The minimum Gasteiger partial charge on any atom is -0.304 e. The smallest absolute Gasteiger partial charge is 0.00643 e. The zero-order valence-corrected chi connectivity index (χ0v) is 20.6. The van der Waals surface area contributed by atoms with Crippen molar-refractivity contribution in [2.24, 2.45) is 0 Å². The average molecular weight is 397 g/mol. The van der Waals surface area contributed by atoms with Gasteiger partial charge in [-0.2, -0.15) is 0 Å².